The number of carbonyl (C=O) groups is 2. The number of aromatic nitrogens is 8. The van der Waals surface area contributed by atoms with Crippen LogP contribution in [0.25, 0.3) is 55.5 Å². The van der Waals surface area contributed by atoms with Crippen molar-refractivity contribution in [2.75, 3.05) is 10.6 Å². The minimum atomic E-state index is -1.15. The molecule has 0 saturated carbocycles. The summed E-state index contributed by atoms with van der Waals surface area (Å²) in [6.07, 6.45) is 12.6. The number of rotatable bonds is 10. The van der Waals surface area contributed by atoms with Crippen LogP contribution in [0.15, 0.2) is 119 Å². The Labute approximate surface area is 348 Å². The minimum Gasteiger partial charge on any atom is -0.476 e. The molecule has 0 saturated heterocycles. The van der Waals surface area contributed by atoms with E-state index in [0.29, 0.717) is 67.4 Å². The number of primary amides is 1. The average molecular weight is 834 g/mol. The van der Waals surface area contributed by atoms with Gasteiger partial charge in [-0.05, 0) is 62.4 Å². The molecular weight excluding hydrogens is 801 g/mol. The second kappa shape index (κ2) is 15.9. The summed E-state index contributed by atoms with van der Waals surface area (Å²) in [6.45, 7) is 4.01. The summed E-state index contributed by atoms with van der Waals surface area (Å²) in [5, 5.41) is 17.0. The molecule has 8 heterocycles. The third-order valence-corrected chi connectivity index (χ3v) is 10.3. The van der Waals surface area contributed by atoms with Crippen LogP contribution < -0.4 is 16.4 Å². The zero-order valence-corrected chi connectivity index (χ0v) is 32.8. The first-order valence-electron chi connectivity index (χ1n) is 19.0. The first-order chi connectivity index (χ1) is 30.0. The van der Waals surface area contributed by atoms with Crippen LogP contribution in [0.4, 0.5) is 20.7 Å². The Balaban J connectivity index is 0.000000158. The van der Waals surface area contributed by atoms with Gasteiger partial charge in [-0.3, -0.25) is 23.6 Å². The Morgan fingerprint density at radius 3 is 1.58 bits per heavy atom. The van der Waals surface area contributed by atoms with Crippen LogP contribution in [0, 0.1) is 25.5 Å². The van der Waals surface area contributed by atoms with E-state index in [4.69, 9.17) is 14.6 Å². The summed E-state index contributed by atoms with van der Waals surface area (Å²) in [7, 11) is 0. The van der Waals surface area contributed by atoms with Gasteiger partial charge in [0.15, 0.2) is 5.69 Å². The predicted molar refractivity (Wildman–Crippen MR) is 224 cm³/mol. The molecule has 10 aromatic rings. The highest BCUT2D eigenvalue weighted by atomic mass is 19.1. The van der Waals surface area contributed by atoms with E-state index in [-0.39, 0.29) is 36.1 Å². The van der Waals surface area contributed by atoms with Gasteiger partial charge < -0.3 is 30.3 Å². The molecule has 308 valence electrons. The van der Waals surface area contributed by atoms with Gasteiger partial charge in [0.05, 0.1) is 12.5 Å². The number of carboxylic acids is 1. The van der Waals surface area contributed by atoms with E-state index >= 15 is 0 Å². The Morgan fingerprint density at radius 2 is 1.13 bits per heavy atom. The fourth-order valence-corrected chi connectivity index (χ4v) is 7.20. The highest BCUT2D eigenvalue weighted by Gasteiger charge is 2.20. The van der Waals surface area contributed by atoms with Crippen LogP contribution in [0.3, 0.4) is 0 Å². The Bertz CT molecular complexity index is 3130. The first-order valence-corrected chi connectivity index (χ1v) is 19.0. The number of anilines is 2. The number of pyridine rings is 2. The number of hydrogen-bond donors (Lipinski definition) is 4. The summed E-state index contributed by atoms with van der Waals surface area (Å²) in [6, 6.07) is 16.7. The number of hydrogen-bond acceptors (Lipinski definition) is 12. The second-order valence-corrected chi connectivity index (χ2v) is 14.0. The SMILES string of the molecule is Cc1ncccc1-c1cnc(NCc2c(F)ccc3occc23)n2cc(C(=O)O)nc12.Cc1ncccc1-c1cnc(NCc2c(F)ccc3occc23)n2cc(C(N)=O)nc12. The fourth-order valence-electron chi connectivity index (χ4n) is 7.20. The van der Waals surface area contributed by atoms with Crippen LogP contribution in [-0.2, 0) is 13.1 Å². The van der Waals surface area contributed by atoms with E-state index in [1.807, 2.05) is 32.0 Å². The Morgan fingerprint density at radius 1 is 0.661 bits per heavy atom. The molecule has 0 spiro atoms. The van der Waals surface area contributed by atoms with Gasteiger partial charge in [0, 0.05) is 106 Å². The topological polar surface area (TPSA) is 217 Å². The lowest BCUT2D eigenvalue weighted by molar-refractivity contribution is 0.0691. The highest BCUT2D eigenvalue weighted by molar-refractivity contribution is 5.93. The zero-order chi connectivity index (χ0) is 43.1. The van der Waals surface area contributed by atoms with Crippen LogP contribution in [0.1, 0.15) is 43.5 Å². The smallest absolute Gasteiger partial charge is 0.356 e. The molecule has 8 aromatic heterocycles. The lowest BCUT2D eigenvalue weighted by Gasteiger charge is -2.12. The molecule has 0 fully saturated rings. The Kier molecular flexibility index (Phi) is 9.99. The van der Waals surface area contributed by atoms with Crippen LogP contribution in [0.5, 0.6) is 0 Å². The number of aromatic carboxylic acids is 1. The molecule has 0 aliphatic heterocycles. The number of halogens is 2. The number of amides is 1. The van der Waals surface area contributed by atoms with Crippen molar-refractivity contribution in [1.82, 2.24) is 38.7 Å². The van der Waals surface area contributed by atoms with Gasteiger partial charge in [0.2, 0.25) is 11.9 Å². The van der Waals surface area contributed by atoms with E-state index in [2.05, 4.69) is 40.5 Å². The molecule has 5 N–H and O–H groups in total. The number of nitrogens with one attached hydrogen (secondary N) is 2. The monoisotopic (exact) mass is 833 g/mol. The molecule has 18 heteroatoms. The lowest BCUT2D eigenvalue weighted by atomic mass is 10.1. The van der Waals surface area contributed by atoms with Crippen molar-refractivity contribution < 1.29 is 32.3 Å². The van der Waals surface area contributed by atoms with Crippen molar-refractivity contribution >= 4 is 57.0 Å². The van der Waals surface area contributed by atoms with Crippen molar-refractivity contribution in [3.05, 3.63) is 156 Å². The number of benzene rings is 2. The largest absolute Gasteiger partial charge is 0.476 e. The minimum absolute atomic E-state index is 0.0990. The quantitative estimate of drug-likeness (QED) is 0.103. The maximum absolute atomic E-state index is 14.5. The number of carboxylic acid groups (broad SMARTS) is 1. The number of fused-ring (bicyclic) bond motifs is 4. The maximum atomic E-state index is 14.5. The standard InChI is InChI=1S/C22H17FN6O2.C22H16FN5O3/c1-12-13(3-2-7-25-12)16-10-27-22(29-11-18(20(24)30)28-21(16)29)26-9-15-14-6-8-31-19(14)5-4-17(15)23;1-12-13(3-2-7-24-12)16-10-26-22(28-11-18(21(29)30)27-20(16)28)25-9-15-14-6-8-31-19(14)5-4-17(15)23/h2-8,10-11H,9H2,1H3,(H2,24,30)(H,26,27);2-8,10-11H,9H2,1H3,(H,25,26)(H,29,30). The molecule has 0 aliphatic rings. The molecule has 0 unspecified atom stereocenters. The normalized spacial score (nSPS) is 11.3. The summed E-state index contributed by atoms with van der Waals surface area (Å²) < 4.78 is 42.8. The van der Waals surface area contributed by atoms with E-state index in [0.717, 1.165) is 22.5 Å². The van der Waals surface area contributed by atoms with Gasteiger partial charge in [0.25, 0.3) is 5.91 Å². The molecule has 10 rings (SSSR count). The zero-order valence-electron chi connectivity index (χ0n) is 32.8. The summed E-state index contributed by atoms with van der Waals surface area (Å²) in [5.74, 6) is -1.82. The first kappa shape index (κ1) is 38.9. The van der Waals surface area contributed by atoms with Gasteiger partial charge in [-0.25, -0.2) is 33.5 Å². The lowest BCUT2D eigenvalue weighted by Crippen LogP contribution is -2.11. The number of nitrogens with two attached hydrogens (primary N) is 1. The van der Waals surface area contributed by atoms with Crippen molar-refractivity contribution in [2.45, 2.75) is 26.9 Å². The molecule has 16 nitrogen and oxygen atoms in total. The van der Waals surface area contributed by atoms with Gasteiger partial charge in [-0.1, -0.05) is 12.1 Å². The molecule has 0 aliphatic carbocycles. The van der Waals surface area contributed by atoms with E-state index in [1.54, 1.807) is 63.9 Å². The van der Waals surface area contributed by atoms with Crippen LogP contribution >= 0.6 is 0 Å². The van der Waals surface area contributed by atoms with Crippen molar-refractivity contribution in [1.29, 1.82) is 0 Å². The van der Waals surface area contributed by atoms with Crippen molar-refractivity contribution in [3.63, 3.8) is 0 Å². The molecule has 0 atom stereocenters. The molecule has 0 radical (unpaired) electrons. The highest BCUT2D eigenvalue weighted by Crippen LogP contribution is 2.31. The van der Waals surface area contributed by atoms with Crippen LogP contribution in [0.2, 0.25) is 0 Å². The van der Waals surface area contributed by atoms with Gasteiger partial charge in [-0.15, -0.1) is 0 Å². The number of carbonyl (C=O) groups excluding carboxylic acids is 1. The molecule has 62 heavy (non-hydrogen) atoms. The third kappa shape index (κ3) is 7.14. The molecule has 1 amide bonds. The van der Waals surface area contributed by atoms with E-state index in [9.17, 15) is 23.5 Å². The van der Waals surface area contributed by atoms with E-state index in [1.165, 1.54) is 37.1 Å². The van der Waals surface area contributed by atoms with Crippen molar-refractivity contribution in [3.8, 4) is 22.3 Å². The summed E-state index contributed by atoms with van der Waals surface area (Å²) >= 11 is 0. The van der Waals surface area contributed by atoms with Crippen molar-refractivity contribution in [2.24, 2.45) is 5.73 Å². The second-order valence-electron chi connectivity index (χ2n) is 14.0. The number of imidazole rings is 2. The maximum Gasteiger partial charge on any atom is 0.356 e. The summed E-state index contributed by atoms with van der Waals surface area (Å²) in [4.78, 5) is 49.5. The molecule has 2 aromatic carbocycles. The van der Waals surface area contributed by atoms with Gasteiger partial charge in [-0.2, -0.15) is 0 Å². The number of nitrogens with zero attached hydrogens (tertiary/aromatic N) is 8. The third-order valence-electron chi connectivity index (χ3n) is 10.3. The number of furan rings is 2. The van der Waals surface area contributed by atoms with Crippen LogP contribution in [-0.4, -0.2) is 55.7 Å². The molecule has 0 bridgehead atoms. The predicted octanol–water partition coefficient (Wildman–Crippen LogP) is 7.99. The molecular formula is C44H33F2N11O5. The number of aryl methyl sites for hydroxylation is 2. The average Bonchev–Trinajstić information content (AvgIpc) is 4.10. The fraction of sp³-hybridized carbons (Fsp3) is 0.0909. The van der Waals surface area contributed by atoms with Gasteiger partial charge >= 0.3 is 5.97 Å². The summed E-state index contributed by atoms with van der Waals surface area (Å²) in [5.41, 5.74) is 12.9. The Hall–Kier alpha value is -8.54. The van der Waals surface area contributed by atoms with Gasteiger partial charge in [0.1, 0.15) is 39.8 Å². The van der Waals surface area contributed by atoms with E-state index < -0.39 is 11.9 Å².